The van der Waals surface area contributed by atoms with Crippen LogP contribution in [0.3, 0.4) is 0 Å². The van der Waals surface area contributed by atoms with Crippen LogP contribution in [0.1, 0.15) is 5.56 Å². The molecule has 0 saturated carbocycles. The molecule has 3 nitrogen and oxygen atoms in total. The lowest BCUT2D eigenvalue weighted by Gasteiger charge is -2.16. The van der Waals surface area contributed by atoms with Crippen molar-refractivity contribution in [3.63, 3.8) is 0 Å². The molecule has 0 saturated heterocycles. The third-order valence-corrected chi connectivity index (χ3v) is 2.23. The Labute approximate surface area is 95.5 Å². The number of anilines is 1. The molecular weight excluding hydrogens is 210 g/mol. The molecule has 1 rings (SSSR count). The first-order chi connectivity index (χ1) is 7.19. The summed E-state index contributed by atoms with van der Waals surface area (Å²) in [7, 11) is 3.75. The van der Waals surface area contributed by atoms with Crippen LogP contribution in [0.5, 0.6) is 0 Å². The van der Waals surface area contributed by atoms with Crippen molar-refractivity contribution in [1.82, 2.24) is 10.3 Å². The lowest BCUT2D eigenvalue weighted by molar-refractivity contribution is 0.812. The van der Waals surface area contributed by atoms with Crippen molar-refractivity contribution in [1.29, 1.82) is 0 Å². The number of halogens is 1. The average molecular weight is 224 g/mol. The van der Waals surface area contributed by atoms with Crippen LogP contribution < -0.4 is 10.2 Å². The Morgan fingerprint density at radius 2 is 2.40 bits per heavy atom. The second-order valence-corrected chi connectivity index (χ2v) is 3.65. The summed E-state index contributed by atoms with van der Waals surface area (Å²) in [5.41, 5.74) is 1.06. The van der Waals surface area contributed by atoms with E-state index in [0.717, 1.165) is 17.9 Å². The van der Waals surface area contributed by atoms with E-state index in [-0.39, 0.29) is 0 Å². The van der Waals surface area contributed by atoms with E-state index < -0.39 is 0 Å². The summed E-state index contributed by atoms with van der Waals surface area (Å²) in [6.45, 7) is 1.25. The zero-order valence-corrected chi connectivity index (χ0v) is 9.67. The van der Waals surface area contributed by atoms with Crippen LogP contribution in [0, 0.1) is 12.3 Å². The monoisotopic (exact) mass is 223 g/mol. The maximum absolute atomic E-state index is 6.10. The zero-order valence-electron chi connectivity index (χ0n) is 8.92. The first-order valence-corrected chi connectivity index (χ1v) is 5.00. The number of aromatic nitrogens is 1. The summed E-state index contributed by atoms with van der Waals surface area (Å²) < 4.78 is 0. The minimum atomic E-state index is 0.498. The number of hydrogen-bond donors (Lipinski definition) is 1. The van der Waals surface area contributed by atoms with Crippen LogP contribution in [0.2, 0.25) is 5.02 Å². The summed E-state index contributed by atoms with van der Waals surface area (Å²) >= 11 is 6.10. The Morgan fingerprint density at radius 3 is 2.93 bits per heavy atom. The number of nitrogens with one attached hydrogen (secondary N) is 1. The highest BCUT2D eigenvalue weighted by molar-refractivity contribution is 6.33. The molecule has 0 unspecified atom stereocenters. The van der Waals surface area contributed by atoms with Crippen molar-refractivity contribution in [3.8, 4) is 12.3 Å². The van der Waals surface area contributed by atoms with Gasteiger partial charge in [0.15, 0.2) is 0 Å². The molecule has 0 radical (unpaired) electrons. The normalized spacial score (nSPS) is 9.73. The van der Waals surface area contributed by atoms with E-state index in [2.05, 4.69) is 16.2 Å². The zero-order chi connectivity index (χ0) is 11.3. The molecule has 0 atom stereocenters. The summed E-state index contributed by atoms with van der Waals surface area (Å²) in [6.07, 6.45) is 7.02. The molecule has 15 heavy (non-hydrogen) atoms. The quantitative estimate of drug-likeness (QED) is 0.785. The third kappa shape index (κ3) is 3.12. The highest BCUT2D eigenvalue weighted by atomic mass is 35.5. The molecule has 0 aliphatic rings. The fourth-order valence-corrected chi connectivity index (χ4v) is 1.60. The predicted octanol–water partition coefficient (Wildman–Crippen LogP) is 1.52. The number of nitrogens with zero attached hydrogens (tertiary/aromatic N) is 2. The van der Waals surface area contributed by atoms with Gasteiger partial charge in [0.1, 0.15) is 5.82 Å². The lowest BCUT2D eigenvalue weighted by atomic mass is 10.3. The molecule has 4 heteroatoms. The Hall–Kier alpha value is -1.24. The summed E-state index contributed by atoms with van der Waals surface area (Å²) in [5.74, 6) is 3.26. The minimum Gasteiger partial charge on any atom is -0.347 e. The number of rotatable bonds is 4. The topological polar surface area (TPSA) is 28.2 Å². The first kappa shape index (κ1) is 11.8. The summed E-state index contributed by atoms with van der Waals surface area (Å²) in [5, 5.41) is 3.67. The van der Waals surface area contributed by atoms with Crippen molar-refractivity contribution in [3.05, 3.63) is 22.8 Å². The highest BCUT2D eigenvalue weighted by Crippen LogP contribution is 2.22. The van der Waals surface area contributed by atoms with Crippen LogP contribution >= 0.6 is 11.6 Å². The van der Waals surface area contributed by atoms with Crippen LogP contribution in [0.25, 0.3) is 0 Å². The van der Waals surface area contributed by atoms with Gasteiger partial charge in [0, 0.05) is 19.8 Å². The van der Waals surface area contributed by atoms with Crippen LogP contribution in [-0.4, -0.2) is 25.6 Å². The molecular formula is C11H14ClN3. The molecule has 0 aliphatic carbocycles. The van der Waals surface area contributed by atoms with Gasteiger partial charge in [0.05, 0.1) is 11.6 Å². The van der Waals surface area contributed by atoms with E-state index in [9.17, 15) is 0 Å². The maximum Gasteiger partial charge on any atom is 0.147 e. The Balaban J connectivity index is 2.88. The van der Waals surface area contributed by atoms with Crippen LogP contribution in [0.4, 0.5) is 5.82 Å². The van der Waals surface area contributed by atoms with E-state index in [1.165, 1.54) is 0 Å². The van der Waals surface area contributed by atoms with Gasteiger partial charge in [-0.2, -0.15) is 0 Å². The van der Waals surface area contributed by atoms with E-state index in [0.29, 0.717) is 11.6 Å². The summed E-state index contributed by atoms with van der Waals surface area (Å²) in [4.78, 5) is 6.11. The standard InChI is InChI=1S/C11H14ClN3/c1-4-5-15(3)11-10(12)6-9(7-13-2)8-14-11/h1,6,8,13H,5,7H2,2-3H3. The number of hydrogen-bond acceptors (Lipinski definition) is 3. The minimum absolute atomic E-state index is 0.498. The van der Waals surface area contributed by atoms with Crippen molar-refractivity contribution >= 4 is 17.4 Å². The van der Waals surface area contributed by atoms with Gasteiger partial charge < -0.3 is 10.2 Å². The van der Waals surface area contributed by atoms with Crippen molar-refractivity contribution in [2.45, 2.75) is 6.54 Å². The second kappa shape index (κ2) is 5.59. The number of pyridine rings is 1. The van der Waals surface area contributed by atoms with Crippen LogP contribution in [-0.2, 0) is 6.54 Å². The largest absolute Gasteiger partial charge is 0.347 e. The van der Waals surface area contributed by atoms with Gasteiger partial charge in [-0.25, -0.2) is 4.98 Å². The molecule has 1 heterocycles. The average Bonchev–Trinajstić information content (AvgIpc) is 2.18. The molecule has 0 aliphatic heterocycles. The molecule has 0 fully saturated rings. The Bertz CT molecular complexity index is 371. The van der Waals surface area contributed by atoms with E-state index in [4.69, 9.17) is 18.0 Å². The van der Waals surface area contributed by atoms with E-state index in [1.807, 2.05) is 25.1 Å². The molecule has 80 valence electrons. The molecule has 1 N–H and O–H groups in total. The van der Waals surface area contributed by atoms with Gasteiger partial charge in [-0.3, -0.25) is 0 Å². The van der Waals surface area contributed by atoms with E-state index in [1.54, 1.807) is 6.20 Å². The smallest absolute Gasteiger partial charge is 0.147 e. The molecule has 1 aromatic rings. The Morgan fingerprint density at radius 1 is 1.67 bits per heavy atom. The third-order valence-electron chi connectivity index (χ3n) is 1.95. The van der Waals surface area contributed by atoms with Gasteiger partial charge in [-0.15, -0.1) is 6.42 Å². The fourth-order valence-electron chi connectivity index (χ4n) is 1.26. The van der Waals surface area contributed by atoms with Gasteiger partial charge in [-0.1, -0.05) is 17.5 Å². The maximum atomic E-state index is 6.10. The van der Waals surface area contributed by atoms with Gasteiger partial charge in [-0.05, 0) is 18.7 Å². The lowest BCUT2D eigenvalue weighted by Crippen LogP contribution is -2.19. The molecule has 0 spiro atoms. The molecule has 0 bridgehead atoms. The second-order valence-electron chi connectivity index (χ2n) is 3.24. The van der Waals surface area contributed by atoms with Crippen molar-refractivity contribution in [2.75, 3.05) is 25.5 Å². The SMILES string of the molecule is C#CCN(C)c1ncc(CNC)cc1Cl. The first-order valence-electron chi connectivity index (χ1n) is 4.62. The van der Waals surface area contributed by atoms with E-state index >= 15 is 0 Å². The molecule has 0 amide bonds. The van der Waals surface area contributed by atoms with Crippen LogP contribution in [0.15, 0.2) is 12.3 Å². The molecule has 1 aromatic heterocycles. The fraction of sp³-hybridized carbons (Fsp3) is 0.364. The summed E-state index contributed by atoms with van der Waals surface area (Å²) in [6, 6.07) is 1.90. The van der Waals surface area contributed by atoms with Gasteiger partial charge in [0.2, 0.25) is 0 Å². The molecule has 0 aromatic carbocycles. The van der Waals surface area contributed by atoms with Gasteiger partial charge >= 0.3 is 0 Å². The highest BCUT2D eigenvalue weighted by Gasteiger charge is 2.07. The van der Waals surface area contributed by atoms with Gasteiger partial charge in [0.25, 0.3) is 0 Å². The van der Waals surface area contributed by atoms with Crippen molar-refractivity contribution in [2.24, 2.45) is 0 Å². The number of terminal acetylenes is 1. The van der Waals surface area contributed by atoms with Crippen molar-refractivity contribution < 1.29 is 0 Å². The Kier molecular flexibility index (Phi) is 4.41. The predicted molar refractivity (Wildman–Crippen MR) is 64.1 cm³/mol.